The summed E-state index contributed by atoms with van der Waals surface area (Å²) >= 11 is 0. The second-order valence-corrected chi connectivity index (χ2v) is 3.26. The van der Waals surface area contributed by atoms with Crippen molar-refractivity contribution in [3.8, 4) is 0 Å². The van der Waals surface area contributed by atoms with Crippen molar-refractivity contribution in [3.63, 3.8) is 0 Å². The summed E-state index contributed by atoms with van der Waals surface area (Å²) in [5.74, 6) is -0.195. The zero-order valence-corrected chi connectivity index (χ0v) is 8.60. The van der Waals surface area contributed by atoms with Crippen molar-refractivity contribution in [2.45, 2.75) is 13.3 Å². The highest BCUT2D eigenvalue weighted by atomic mass is 16.4. The van der Waals surface area contributed by atoms with E-state index in [9.17, 15) is 4.79 Å². The lowest BCUT2D eigenvalue weighted by Crippen LogP contribution is -2.32. The van der Waals surface area contributed by atoms with Gasteiger partial charge in [0.15, 0.2) is 0 Å². The van der Waals surface area contributed by atoms with Gasteiger partial charge in [0.2, 0.25) is 0 Å². The minimum atomic E-state index is -1.54. The van der Waals surface area contributed by atoms with E-state index < -0.39 is 7.12 Å². The van der Waals surface area contributed by atoms with Gasteiger partial charge in [-0.3, -0.25) is 4.79 Å². The van der Waals surface area contributed by atoms with E-state index in [2.05, 4.69) is 5.32 Å². The van der Waals surface area contributed by atoms with Crippen LogP contribution in [0.3, 0.4) is 0 Å². The maximum Gasteiger partial charge on any atom is 0.488 e. The quantitative estimate of drug-likeness (QED) is 0.583. The molecule has 3 N–H and O–H groups in total. The van der Waals surface area contributed by atoms with E-state index in [0.717, 1.165) is 6.42 Å². The van der Waals surface area contributed by atoms with Gasteiger partial charge < -0.3 is 15.4 Å². The lowest BCUT2D eigenvalue weighted by atomic mass is 9.79. The van der Waals surface area contributed by atoms with E-state index in [-0.39, 0.29) is 5.91 Å². The second-order valence-electron chi connectivity index (χ2n) is 3.26. The Hall–Kier alpha value is -1.33. The SMILES string of the molecule is CCCNC(=O)c1cccc(B(O)O)c1. The molecule has 0 saturated heterocycles. The molecule has 0 aromatic heterocycles. The monoisotopic (exact) mass is 207 g/mol. The lowest BCUT2D eigenvalue weighted by Gasteiger charge is -2.05. The van der Waals surface area contributed by atoms with Gasteiger partial charge in [-0.25, -0.2) is 0 Å². The van der Waals surface area contributed by atoms with Crippen LogP contribution in [0.4, 0.5) is 0 Å². The number of amides is 1. The topological polar surface area (TPSA) is 69.6 Å². The lowest BCUT2D eigenvalue weighted by molar-refractivity contribution is 0.0954. The first kappa shape index (κ1) is 11.7. The smallest absolute Gasteiger partial charge is 0.423 e. The molecule has 0 radical (unpaired) electrons. The Bertz CT molecular complexity index is 341. The molecular formula is C10H14BNO3. The van der Waals surface area contributed by atoms with E-state index >= 15 is 0 Å². The zero-order chi connectivity index (χ0) is 11.3. The van der Waals surface area contributed by atoms with E-state index in [1.165, 1.54) is 6.07 Å². The zero-order valence-electron chi connectivity index (χ0n) is 8.60. The Morgan fingerprint density at radius 3 is 2.80 bits per heavy atom. The number of carbonyl (C=O) groups excluding carboxylic acids is 1. The third-order valence-electron chi connectivity index (χ3n) is 1.98. The number of carbonyl (C=O) groups is 1. The fraction of sp³-hybridized carbons (Fsp3) is 0.300. The van der Waals surface area contributed by atoms with Crippen LogP contribution in [-0.2, 0) is 0 Å². The van der Waals surface area contributed by atoms with Crippen LogP contribution >= 0.6 is 0 Å². The van der Waals surface area contributed by atoms with Gasteiger partial charge >= 0.3 is 7.12 Å². The van der Waals surface area contributed by atoms with E-state index in [1.54, 1.807) is 18.2 Å². The number of benzene rings is 1. The van der Waals surface area contributed by atoms with E-state index in [4.69, 9.17) is 10.0 Å². The summed E-state index contributed by atoms with van der Waals surface area (Å²) in [5.41, 5.74) is 0.758. The van der Waals surface area contributed by atoms with Crippen molar-refractivity contribution < 1.29 is 14.8 Å². The predicted octanol–water partition coefficient (Wildman–Crippen LogP) is -0.494. The van der Waals surface area contributed by atoms with Crippen LogP contribution in [0.5, 0.6) is 0 Å². The average Bonchev–Trinajstić information content (AvgIpc) is 2.26. The summed E-state index contributed by atoms with van der Waals surface area (Å²) in [7, 11) is -1.54. The van der Waals surface area contributed by atoms with Crippen molar-refractivity contribution in [1.29, 1.82) is 0 Å². The van der Waals surface area contributed by atoms with Gasteiger partial charge in [-0.15, -0.1) is 0 Å². The summed E-state index contributed by atoms with van der Waals surface area (Å²) in [5, 5.41) is 20.6. The highest BCUT2D eigenvalue weighted by Crippen LogP contribution is 1.97. The molecule has 0 unspecified atom stereocenters. The van der Waals surface area contributed by atoms with Crippen LogP contribution in [-0.4, -0.2) is 29.6 Å². The van der Waals surface area contributed by atoms with Crippen molar-refractivity contribution in [1.82, 2.24) is 5.32 Å². The molecule has 1 amide bonds. The largest absolute Gasteiger partial charge is 0.488 e. The maximum atomic E-state index is 11.5. The van der Waals surface area contributed by atoms with E-state index in [1.807, 2.05) is 6.92 Å². The van der Waals surface area contributed by atoms with Gasteiger partial charge in [0.25, 0.3) is 5.91 Å². The van der Waals surface area contributed by atoms with Gasteiger partial charge in [0.05, 0.1) is 0 Å². The molecule has 0 saturated carbocycles. The molecule has 1 aromatic carbocycles. The molecule has 0 aliphatic carbocycles. The minimum absolute atomic E-state index is 0.195. The fourth-order valence-corrected chi connectivity index (χ4v) is 1.18. The summed E-state index contributed by atoms with van der Waals surface area (Å²) in [6, 6.07) is 6.28. The van der Waals surface area contributed by atoms with Crippen LogP contribution in [0.15, 0.2) is 24.3 Å². The van der Waals surface area contributed by atoms with E-state index in [0.29, 0.717) is 17.6 Å². The van der Waals surface area contributed by atoms with Crippen molar-refractivity contribution in [3.05, 3.63) is 29.8 Å². The first-order valence-electron chi connectivity index (χ1n) is 4.89. The average molecular weight is 207 g/mol. The van der Waals surface area contributed by atoms with Crippen molar-refractivity contribution in [2.24, 2.45) is 0 Å². The molecule has 0 bridgehead atoms. The van der Waals surface area contributed by atoms with Crippen molar-refractivity contribution in [2.75, 3.05) is 6.54 Å². The van der Waals surface area contributed by atoms with Gasteiger partial charge in [-0.1, -0.05) is 19.1 Å². The molecule has 0 heterocycles. The maximum absolute atomic E-state index is 11.5. The first-order chi connectivity index (χ1) is 7.15. The van der Waals surface area contributed by atoms with Crippen LogP contribution in [0.2, 0.25) is 0 Å². The highest BCUT2D eigenvalue weighted by molar-refractivity contribution is 6.58. The normalized spacial score (nSPS) is 9.80. The molecule has 15 heavy (non-hydrogen) atoms. The van der Waals surface area contributed by atoms with Crippen LogP contribution < -0.4 is 10.8 Å². The molecular weight excluding hydrogens is 193 g/mol. The number of rotatable bonds is 4. The highest BCUT2D eigenvalue weighted by Gasteiger charge is 2.12. The van der Waals surface area contributed by atoms with Gasteiger partial charge in [0, 0.05) is 12.1 Å². The molecule has 4 nitrogen and oxygen atoms in total. The van der Waals surface area contributed by atoms with Crippen molar-refractivity contribution >= 4 is 18.5 Å². The summed E-state index contributed by atoms with van der Waals surface area (Å²) in [4.78, 5) is 11.5. The molecule has 1 aromatic rings. The number of hydrogen-bond donors (Lipinski definition) is 3. The van der Waals surface area contributed by atoms with Gasteiger partial charge in [-0.2, -0.15) is 0 Å². The minimum Gasteiger partial charge on any atom is -0.423 e. The van der Waals surface area contributed by atoms with Gasteiger partial charge in [0.1, 0.15) is 0 Å². The molecule has 0 atom stereocenters. The van der Waals surface area contributed by atoms with Gasteiger partial charge in [-0.05, 0) is 24.0 Å². The molecule has 0 aliphatic heterocycles. The molecule has 0 fully saturated rings. The Balaban J connectivity index is 2.76. The van der Waals surface area contributed by atoms with Crippen LogP contribution in [0.1, 0.15) is 23.7 Å². The second kappa shape index (κ2) is 5.53. The molecule has 1 rings (SSSR count). The Morgan fingerprint density at radius 1 is 1.47 bits per heavy atom. The Labute approximate surface area is 89.1 Å². The molecule has 0 aliphatic rings. The standard InChI is InChI=1S/C10H14BNO3/c1-2-6-12-10(13)8-4-3-5-9(7-8)11(14)15/h3-5,7,14-15H,2,6H2,1H3,(H,12,13). The predicted molar refractivity (Wildman–Crippen MR) is 58.9 cm³/mol. The summed E-state index contributed by atoms with van der Waals surface area (Å²) in [6.07, 6.45) is 0.869. The first-order valence-corrected chi connectivity index (χ1v) is 4.89. The third-order valence-corrected chi connectivity index (χ3v) is 1.98. The number of hydrogen-bond acceptors (Lipinski definition) is 3. The Morgan fingerprint density at radius 2 is 2.20 bits per heavy atom. The summed E-state index contributed by atoms with van der Waals surface area (Å²) < 4.78 is 0. The molecule has 5 heteroatoms. The summed E-state index contributed by atoms with van der Waals surface area (Å²) in [6.45, 7) is 2.58. The molecule has 0 spiro atoms. The van der Waals surface area contributed by atoms with Crippen LogP contribution in [0.25, 0.3) is 0 Å². The fourth-order valence-electron chi connectivity index (χ4n) is 1.18. The Kier molecular flexibility index (Phi) is 4.33. The molecule has 80 valence electrons. The number of nitrogens with one attached hydrogen (secondary N) is 1. The van der Waals surface area contributed by atoms with Crippen LogP contribution in [0, 0.1) is 0 Å². The third kappa shape index (κ3) is 3.38.